The zero-order valence-electron chi connectivity index (χ0n) is 6.74. The molecule has 0 aliphatic carbocycles. The van der Waals surface area contributed by atoms with Gasteiger partial charge in [-0.25, -0.2) is 4.98 Å². The Balaban J connectivity index is 2.66. The first-order valence-corrected chi connectivity index (χ1v) is 3.81. The van der Waals surface area contributed by atoms with E-state index in [0.717, 1.165) is 12.1 Å². The van der Waals surface area contributed by atoms with E-state index in [1.807, 2.05) is 19.1 Å². The van der Waals surface area contributed by atoms with Gasteiger partial charge in [0.2, 0.25) is 5.65 Å². The fourth-order valence-corrected chi connectivity index (χ4v) is 1.07. The number of aromatic nitrogens is 2. The minimum Gasteiger partial charge on any atom is -0.422 e. The molecule has 62 valence electrons. The Labute approximate surface area is 69.4 Å². The molecule has 0 aromatic carbocycles. The van der Waals surface area contributed by atoms with E-state index in [2.05, 4.69) is 9.97 Å². The molecule has 0 aliphatic rings. The van der Waals surface area contributed by atoms with Crippen molar-refractivity contribution in [3.8, 4) is 0 Å². The molecule has 0 aliphatic heterocycles. The van der Waals surface area contributed by atoms with Gasteiger partial charge in [-0.1, -0.05) is 6.92 Å². The van der Waals surface area contributed by atoms with Crippen LogP contribution < -0.4 is 5.73 Å². The van der Waals surface area contributed by atoms with Crippen molar-refractivity contribution < 1.29 is 4.42 Å². The van der Waals surface area contributed by atoms with Crippen LogP contribution in [0.25, 0.3) is 11.2 Å². The molecule has 0 saturated carbocycles. The fourth-order valence-electron chi connectivity index (χ4n) is 1.07. The van der Waals surface area contributed by atoms with E-state index in [9.17, 15) is 0 Å². The lowest BCUT2D eigenvalue weighted by atomic mass is 10.3. The average Bonchev–Trinajstić information content (AvgIpc) is 2.43. The number of anilines is 1. The van der Waals surface area contributed by atoms with Crippen molar-refractivity contribution in [2.45, 2.75) is 13.3 Å². The first-order chi connectivity index (χ1) is 5.79. The van der Waals surface area contributed by atoms with Gasteiger partial charge in [0.1, 0.15) is 0 Å². The standard InChI is InChI=1S/C8H9N3O/c1-2-5-3-4-6-7(10-5)11-8(9)12-6/h3-4H,2H2,1H3,(H2,9,10,11). The number of hydrogen-bond donors (Lipinski definition) is 1. The Morgan fingerprint density at radius 2 is 2.25 bits per heavy atom. The summed E-state index contributed by atoms with van der Waals surface area (Å²) in [4.78, 5) is 8.15. The molecule has 0 radical (unpaired) electrons. The smallest absolute Gasteiger partial charge is 0.294 e. The molecular formula is C8H9N3O. The number of nitrogens with two attached hydrogens (primary N) is 1. The zero-order chi connectivity index (χ0) is 8.55. The summed E-state index contributed by atoms with van der Waals surface area (Å²) < 4.78 is 5.07. The van der Waals surface area contributed by atoms with Gasteiger partial charge >= 0.3 is 0 Å². The minimum atomic E-state index is 0.172. The summed E-state index contributed by atoms with van der Waals surface area (Å²) in [7, 11) is 0. The highest BCUT2D eigenvalue weighted by molar-refractivity contribution is 5.69. The Kier molecular flexibility index (Phi) is 1.46. The zero-order valence-corrected chi connectivity index (χ0v) is 6.74. The lowest BCUT2D eigenvalue weighted by Crippen LogP contribution is -1.86. The summed E-state index contributed by atoms with van der Waals surface area (Å²) in [5.41, 5.74) is 7.59. The lowest BCUT2D eigenvalue weighted by molar-refractivity contribution is 0.626. The molecule has 2 aromatic rings. The summed E-state index contributed by atoms with van der Waals surface area (Å²) in [5.74, 6) is 0. The number of nitrogen functional groups attached to an aromatic ring is 1. The molecular weight excluding hydrogens is 154 g/mol. The van der Waals surface area contributed by atoms with Crippen LogP contribution in [0, 0.1) is 0 Å². The van der Waals surface area contributed by atoms with Gasteiger partial charge in [0, 0.05) is 5.69 Å². The predicted octanol–water partition coefficient (Wildman–Crippen LogP) is 1.37. The van der Waals surface area contributed by atoms with E-state index in [4.69, 9.17) is 10.2 Å². The van der Waals surface area contributed by atoms with E-state index in [0.29, 0.717) is 11.2 Å². The number of aryl methyl sites for hydroxylation is 1. The van der Waals surface area contributed by atoms with Gasteiger partial charge in [0.15, 0.2) is 5.58 Å². The SMILES string of the molecule is CCc1ccc2oc(N)nc2n1. The third-order valence-electron chi connectivity index (χ3n) is 1.69. The highest BCUT2D eigenvalue weighted by atomic mass is 16.4. The Morgan fingerprint density at radius 1 is 1.42 bits per heavy atom. The number of fused-ring (bicyclic) bond motifs is 1. The number of hydrogen-bond acceptors (Lipinski definition) is 4. The van der Waals surface area contributed by atoms with E-state index < -0.39 is 0 Å². The first-order valence-electron chi connectivity index (χ1n) is 3.81. The molecule has 0 bridgehead atoms. The van der Waals surface area contributed by atoms with Gasteiger partial charge in [-0.2, -0.15) is 4.98 Å². The van der Waals surface area contributed by atoms with Crippen molar-refractivity contribution in [1.82, 2.24) is 9.97 Å². The van der Waals surface area contributed by atoms with Crippen LogP contribution in [0.1, 0.15) is 12.6 Å². The summed E-state index contributed by atoms with van der Waals surface area (Å²) in [5, 5.41) is 0. The van der Waals surface area contributed by atoms with Crippen LogP contribution in [0.15, 0.2) is 16.5 Å². The number of nitrogens with zero attached hydrogens (tertiary/aromatic N) is 2. The second-order valence-corrected chi connectivity index (χ2v) is 2.53. The lowest BCUT2D eigenvalue weighted by Gasteiger charge is -1.91. The topological polar surface area (TPSA) is 64.9 Å². The van der Waals surface area contributed by atoms with E-state index in [1.54, 1.807) is 0 Å². The summed E-state index contributed by atoms with van der Waals surface area (Å²) in [6.45, 7) is 2.04. The molecule has 2 N–H and O–H groups in total. The Bertz CT molecular complexity index is 408. The normalized spacial score (nSPS) is 10.8. The van der Waals surface area contributed by atoms with Gasteiger partial charge < -0.3 is 10.2 Å². The number of rotatable bonds is 1. The molecule has 0 saturated heterocycles. The molecule has 0 atom stereocenters. The molecule has 0 spiro atoms. The van der Waals surface area contributed by atoms with Crippen LogP contribution in [0.3, 0.4) is 0 Å². The van der Waals surface area contributed by atoms with Crippen molar-refractivity contribution in [3.05, 3.63) is 17.8 Å². The third-order valence-corrected chi connectivity index (χ3v) is 1.69. The van der Waals surface area contributed by atoms with Gasteiger partial charge in [-0.3, -0.25) is 0 Å². The molecule has 2 aromatic heterocycles. The minimum absolute atomic E-state index is 0.172. The van der Waals surface area contributed by atoms with Crippen LogP contribution in [0.5, 0.6) is 0 Å². The van der Waals surface area contributed by atoms with Crippen molar-refractivity contribution in [3.63, 3.8) is 0 Å². The van der Waals surface area contributed by atoms with Crippen LogP contribution in [0.4, 0.5) is 6.01 Å². The van der Waals surface area contributed by atoms with Crippen LogP contribution >= 0.6 is 0 Å². The summed E-state index contributed by atoms with van der Waals surface area (Å²) in [6, 6.07) is 3.92. The molecule has 2 heterocycles. The summed E-state index contributed by atoms with van der Waals surface area (Å²) >= 11 is 0. The fraction of sp³-hybridized carbons (Fsp3) is 0.250. The van der Waals surface area contributed by atoms with E-state index in [-0.39, 0.29) is 6.01 Å². The average molecular weight is 163 g/mol. The highest BCUT2D eigenvalue weighted by Gasteiger charge is 2.03. The highest BCUT2D eigenvalue weighted by Crippen LogP contribution is 2.14. The molecule has 12 heavy (non-hydrogen) atoms. The largest absolute Gasteiger partial charge is 0.422 e. The monoisotopic (exact) mass is 163 g/mol. The quantitative estimate of drug-likeness (QED) is 0.689. The molecule has 4 heteroatoms. The molecule has 0 unspecified atom stereocenters. The van der Waals surface area contributed by atoms with Gasteiger partial charge in [-0.05, 0) is 18.6 Å². The van der Waals surface area contributed by atoms with Gasteiger partial charge in [-0.15, -0.1) is 0 Å². The van der Waals surface area contributed by atoms with E-state index in [1.165, 1.54) is 0 Å². The van der Waals surface area contributed by atoms with Crippen molar-refractivity contribution in [1.29, 1.82) is 0 Å². The van der Waals surface area contributed by atoms with Gasteiger partial charge in [0.25, 0.3) is 6.01 Å². The second-order valence-electron chi connectivity index (χ2n) is 2.53. The van der Waals surface area contributed by atoms with Crippen LogP contribution in [-0.2, 0) is 6.42 Å². The maximum absolute atomic E-state index is 5.36. The molecule has 0 fully saturated rings. The predicted molar refractivity (Wildman–Crippen MR) is 45.6 cm³/mol. The van der Waals surface area contributed by atoms with Crippen molar-refractivity contribution >= 4 is 17.2 Å². The summed E-state index contributed by atoms with van der Waals surface area (Å²) in [6.07, 6.45) is 0.892. The maximum atomic E-state index is 5.36. The number of oxazole rings is 1. The second kappa shape index (κ2) is 2.48. The van der Waals surface area contributed by atoms with Crippen molar-refractivity contribution in [2.24, 2.45) is 0 Å². The molecule has 4 nitrogen and oxygen atoms in total. The van der Waals surface area contributed by atoms with Crippen LogP contribution in [0.2, 0.25) is 0 Å². The van der Waals surface area contributed by atoms with Crippen molar-refractivity contribution in [2.75, 3.05) is 5.73 Å². The Hall–Kier alpha value is -1.58. The molecule has 2 rings (SSSR count). The Morgan fingerprint density at radius 3 is 3.00 bits per heavy atom. The van der Waals surface area contributed by atoms with E-state index >= 15 is 0 Å². The van der Waals surface area contributed by atoms with Crippen LogP contribution in [-0.4, -0.2) is 9.97 Å². The maximum Gasteiger partial charge on any atom is 0.294 e. The molecule has 0 amide bonds. The third kappa shape index (κ3) is 1.01. The van der Waals surface area contributed by atoms with Gasteiger partial charge in [0.05, 0.1) is 0 Å². The first kappa shape index (κ1) is 7.09. The number of pyridine rings is 1.